The van der Waals surface area contributed by atoms with Crippen LogP contribution in [0.15, 0.2) is 18.2 Å². The minimum Gasteiger partial charge on any atom is -0.480 e. The van der Waals surface area contributed by atoms with Gasteiger partial charge in [0, 0.05) is 0 Å². The molecule has 1 aromatic rings. The number of nitrogens with zero attached hydrogens (tertiary/aromatic N) is 1. The van der Waals surface area contributed by atoms with Gasteiger partial charge in [0.25, 0.3) is 0 Å². The van der Waals surface area contributed by atoms with Crippen LogP contribution in [0.1, 0.15) is 22.7 Å². The van der Waals surface area contributed by atoms with Crippen LogP contribution in [0.5, 0.6) is 0 Å². The van der Waals surface area contributed by atoms with Gasteiger partial charge in [-0.05, 0) is 25.0 Å². The summed E-state index contributed by atoms with van der Waals surface area (Å²) in [4.78, 5) is 34.6. The van der Waals surface area contributed by atoms with Gasteiger partial charge in [0.1, 0.15) is 6.04 Å². The molecule has 0 bridgehead atoms. The van der Waals surface area contributed by atoms with Gasteiger partial charge in [-0.2, -0.15) is 0 Å². The number of primary amides is 1. The van der Waals surface area contributed by atoms with Crippen LogP contribution in [-0.4, -0.2) is 46.0 Å². The molecule has 1 rings (SSSR count). The first-order valence-corrected chi connectivity index (χ1v) is 6.26. The number of aliphatic carboxylic acids is 2. The Morgan fingerprint density at radius 1 is 1.14 bits per heavy atom. The van der Waals surface area contributed by atoms with Gasteiger partial charge in [-0.25, -0.2) is 0 Å². The zero-order chi connectivity index (χ0) is 16.2. The third-order valence-corrected chi connectivity index (χ3v) is 3.04. The van der Waals surface area contributed by atoms with E-state index >= 15 is 0 Å². The molecule has 0 spiro atoms. The van der Waals surface area contributed by atoms with E-state index in [-0.39, 0.29) is 0 Å². The van der Waals surface area contributed by atoms with E-state index in [1.807, 2.05) is 13.0 Å². The molecule has 21 heavy (non-hydrogen) atoms. The molecule has 4 N–H and O–H groups in total. The normalized spacial score (nSPS) is 12.1. The fourth-order valence-corrected chi connectivity index (χ4v) is 2.17. The molecule has 0 aliphatic rings. The summed E-state index contributed by atoms with van der Waals surface area (Å²) in [5, 5.41) is 17.8. The standard InChI is InChI=1S/C14H18N2O5/c1-8-3-4-9(2)10(5-8)13(14(15)21)16(6-11(17)18)7-12(19)20/h3-5,13H,6-7H2,1-2H3,(H2,15,21)(H,17,18)(H,19,20). The van der Waals surface area contributed by atoms with Gasteiger partial charge in [-0.3, -0.25) is 19.3 Å². The molecule has 0 fully saturated rings. The Morgan fingerprint density at radius 2 is 1.67 bits per heavy atom. The van der Waals surface area contributed by atoms with Crippen molar-refractivity contribution in [1.82, 2.24) is 4.90 Å². The van der Waals surface area contributed by atoms with Crippen LogP contribution in [0.2, 0.25) is 0 Å². The van der Waals surface area contributed by atoms with E-state index in [1.54, 1.807) is 19.1 Å². The van der Waals surface area contributed by atoms with E-state index in [1.165, 1.54) is 0 Å². The van der Waals surface area contributed by atoms with E-state index in [2.05, 4.69) is 0 Å². The van der Waals surface area contributed by atoms with Crippen LogP contribution >= 0.6 is 0 Å². The fraction of sp³-hybridized carbons (Fsp3) is 0.357. The highest BCUT2D eigenvalue weighted by atomic mass is 16.4. The molecule has 7 heteroatoms. The third-order valence-electron chi connectivity index (χ3n) is 3.04. The van der Waals surface area contributed by atoms with E-state index < -0.39 is 37.0 Å². The number of amides is 1. The van der Waals surface area contributed by atoms with Crippen molar-refractivity contribution in [3.8, 4) is 0 Å². The quantitative estimate of drug-likeness (QED) is 0.665. The number of carboxylic acid groups (broad SMARTS) is 2. The summed E-state index contributed by atoms with van der Waals surface area (Å²) in [5.41, 5.74) is 7.50. The summed E-state index contributed by atoms with van der Waals surface area (Å²) in [6, 6.07) is 4.23. The summed E-state index contributed by atoms with van der Waals surface area (Å²) in [6.07, 6.45) is 0. The molecule has 114 valence electrons. The highest BCUT2D eigenvalue weighted by Crippen LogP contribution is 2.24. The molecule has 0 saturated carbocycles. The molecule has 0 aliphatic heterocycles. The predicted octanol–water partition coefficient (Wildman–Crippen LogP) is 0.301. The van der Waals surface area contributed by atoms with E-state index in [0.29, 0.717) is 5.56 Å². The average Bonchev–Trinajstić information content (AvgIpc) is 2.31. The summed E-state index contributed by atoms with van der Waals surface area (Å²) >= 11 is 0. The number of carbonyl (C=O) groups excluding carboxylic acids is 1. The molecule has 0 aromatic heterocycles. The van der Waals surface area contributed by atoms with Gasteiger partial charge in [0.05, 0.1) is 13.1 Å². The Hall–Kier alpha value is -2.41. The van der Waals surface area contributed by atoms with Crippen LogP contribution in [-0.2, 0) is 14.4 Å². The molecule has 0 heterocycles. The van der Waals surface area contributed by atoms with E-state index in [0.717, 1.165) is 16.0 Å². The smallest absolute Gasteiger partial charge is 0.317 e. The maximum Gasteiger partial charge on any atom is 0.317 e. The van der Waals surface area contributed by atoms with Crippen molar-refractivity contribution >= 4 is 17.8 Å². The van der Waals surface area contributed by atoms with Crippen LogP contribution in [0.4, 0.5) is 0 Å². The van der Waals surface area contributed by atoms with Gasteiger partial charge in [-0.15, -0.1) is 0 Å². The van der Waals surface area contributed by atoms with Gasteiger partial charge in [-0.1, -0.05) is 23.8 Å². The molecular formula is C14H18N2O5. The number of rotatable bonds is 7. The number of benzene rings is 1. The predicted molar refractivity (Wildman–Crippen MR) is 74.7 cm³/mol. The highest BCUT2D eigenvalue weighted by Gasteiger charge is 2.30. The first-order chi connectivity index (χ1) is 9.72. The van der Waals surface area contributed by atoms with Crippen LogP contribution in [0.3, 0.4) is 0 Å². The van der Waals surface area contributed by atoms with Crippen molar-refractivity contribution in [2.45, 2.75) is 19.9 Å². The maximum absolute atomic E-state index is 11.8. The number of aryl methyl sites for hydroxylation is 2. The lowest BCUT2D eigenvalue weighted by atomic mass is 9.97. The second-order valence-corrected chi connectivity index (χ2v) is 4.86. The van der Waals surface area contributed by atoms with Crippen LogP contribution in [0.25, 0.3) is 0 Å². The largest absolute Gasteiger partial charge is 0.480 e. The molecule has 1 amide bonds. The van der Waals surface area contributed by atoms with Crippen LogP contribution in [0, 0.1) is 13.8 Å². The van der Waals surface area contributed by atoms with Gasteiger partial charge >= 0.3 is 11.9 Å². The first kappa shape index (κ1) is 16.6. The van der Waals surface area contributed by atoms with Crippen molar-refractivity contribution in [3.63, 3.8) is 0 Å². The molecule has 1 unspecified atom stereocenters. The summed E-state index contributed by atoms with van der Waals surface area (Å²) < 4.78 is 0. The topological polar surface area (TPSA) is 121 Å². The first-order valence-electron chi connectivity index (χ1n) is 6.26. The van der Waals surface area contributed by atoms with Crippen molar-refractivity contribution in [3.05, 3.63) is 34.9 Å². The molecule has 0 saturated heterocycles. The van der Waals surface area contributed by atoms with Crippen molar-refractivity contribution in [2.24, 2.45) is 5.73 Å². The number of carboxylic acids is 2. The Kier molecular flexibility index (Phi) is 5.43. The van der Waals surface area contributed by atoms with Gasteiger partial charge in [0.2, 0.25) is 5.91 Å². The number of nitrogens with two attached hydrogens (primary N) is 1. The zero-order valence-electron chi connectivity index (χ0n) is 11.9. The lowest BCUT2D eigenvalue weighted by molar-refractivity contribution is -0.143. The van der Waals surface area contributed by atoms with Crippen molar-refractivity contribution < 1.29 is 24.6 Å². The van der Waals surface area contributed by atoms with Gasteiger partial charge < -0.3 is 15.9 Å². The van der Waals surface area contributed by atoms with Crippen LogP contribution < -0.4 is 5.73 Å². The maximum atomic E-state index is 11.8. The molecular weight excluding hydrogens is 276 g/mol. The second kappa shape index (κ2) is 6.85. The Balaban J connectivity index is 3.29. The Labute approximate surface area is 122 Å². The number of hydrogen-bond donors (Lipinski definition) is 3. The Bertz CT molecular complexity index is 554. The SMILES string of the molecule is Cc1ccc(C)c(C(C(N)=O)N(CC(=O)O)CC(=O)O)c1. The van der Waals surface area contributed by atoms with Crippen molar-refractivity contribution in [2.75, 3.05) is 13.1 Å². The lowest BCUT2D eigenvalue weighted by Crippen LogP contribution is -2.43. The number of hydrogen-bond acceptors (Lipinski definition) is 4. The summed E-state index contributed by atoms with van der Waals surface area (Å²) in [7, 11) is 0. The van der Waals surface area contributed by atoms with E-state index in [9.17, 15) is 14.4 Å². The summed E-state index contributed by atoms with van der Waals surface area (Å²) in [6.45, 7) is 2.39. The monoisotopic (exact) mass is 294 g/mol. The van der Waals surface area contributed by atoms with E-state index in [4.69, 9.17) is 15.9 Å². The lowest BCUT2D eigenvalue weighted by Gasteiger charge is -2.28. The van der Waals surface area contributed by atoms with Crippen molar-refractivity contribution in [1.29, 1.82) is 0 Å². The minimum atomic E-state index is -1.23. The molecule has 7 nitrogen and oxygen atoms in total. The minimum absolute atomic E-state index is 0.519. The summed E-state index contributed by atoms with van der Waals surface area (Å²) in [5.74, 6) is -3.24. The molecule has 1 atom stereocenters. The second-order valence-electron chi connectivity index (χ2n) is 4.86. The number of carbonyl (C=O) groups is 3. The fourth-order valence-electron chi connectivity index (χ4n) is 2.17. The Morgan fingerprint density at radius 3 is 2.10 bits per heavy atom. The highest BCUT2D eigenvalue weighted by molar-refractivity contribution is 5.84. The third kappa shape index (κ3) is 4.57. The average molecular weight is 294 g/mol. The molecule has 0 aliphatic carbocycles. The molecule has 1 aromatic carbocycles. The molecule has 0 radical (unpaired) electrons. The van der Waals surface area contributed by atoms with Gasteiger partial charge in [0.15, 0.2) is 0 Å². The zero-order valence-corrected chi connectivity index (χ0v) is 11.9.